The van der Waals surface area contributed by atoms with Crippen LogP contribution in [0.15, 0.2) is 83.9 Å². The van der Waals surface area contributed by atoms with Gasteiger partial charge in [-0.15, -0.1) is 10.2 Å². The summed E-state index contributed by atoms with van der Waals surface area (Å²) in [5.74, 6) is -1.38. The van der Waals surface area contributed by atoms with E-state index < -0.39 is 29.8 Å². The summed E-state index contributed by atoms with van der Waals surface area (Å²) in [7, 11) is 0. The van der Waals surface area contributed by atoms with Gasteiger partial charge in [0, 0.05) is 11.1 Å². The number of amides is 2. The number of benzodiazepines with no additional fused rings is 1. The molecule has 1 aliphatic rings. The number of nitrogens with one attached hydrogen (secondary N) is 2. The third kappa shape index (κ3) is 5.11. The number of halogens is 1. The van der Waals surface area contributed by atoms with Crippen LogP contribution in [0, 0.1) is 5.82 Å². The molecule has 2 amide bonds. The van der Waals surface area contributed by atoms with E-state index in [2.05, 4.69) is 30.9 Å². The number of aromatic nitrogens is 4. The van der Waals surface area contributed by atoms with Gasteiger partial charge in [0.05, 0.1) is 24.0 Å². The Kier molecular flexibility index (Phi) is 6.77. The van der Waals surface area contributed by atoms with Crippen LogP contribution in [0.3, 0.4) is 0 Å². The number of tetrazole rings is 1. The first-order chi connectivity index (χ1) is 18.0. The SMILES string of the molecule is N[C@@H](Cc1ccccc1)C(=O)N[C@H]1N=C(c2ccccc2F)c2ccccc2N(Cc2nn[nH]n2)C1=O. The molecule has 0 saturated carbocycles. The summed E-state index contributed by atoms with van der Waals surface area (Å²) in [6.07, 6.45) is -1.10. The second-order valence-corrected chi connectivity index (χ2v) is 8.43. The third-order valence-electron chi connectivity index (χ3n) is 5.94. The number of anilines is 1. The summed E-state index contributed by atoms with van der Waals surface area (Å²) < 4.78 is 14.9. The van der Waals surface area contributed by atoms with Crippen LogP contribution in [0.5, 0.6) is 0 Å². The van der Waals surface area contributed by atoms with Crippen LogP contribution in [0.1, 0.15) is 22.5 Å². The van der Waals surface area contributed by atoms with E-state index in [9.17, 15) is 14.0 Å². The van der Waals surface area contributed by atoms with Gasteiger partial charge in [-0.05, 0) is 30.2 Å². The largest absolute Gasteiger partial charge is 0.325 e. The fourth-order valence-corrected chi connectivity index (χ4v) is 4.15. The molecule has 2 heterocycles. The van der Waals surface area contributed by atoms with Gasteiger partial charge >= 0.3 is 0 Å². The Morgan fingerprint density at radius 2 is 1.73 bits per heavy atom. The van der Waals surface area contributed by atoms with E-state index in [0.717, 1.165) is 5.56 Å². The van der Waals surface area contributed by atoms with Crippen molar-refractivity contribution in [2.24, 2.45) is 10.7 Å². The number of aromatic amines is 1. The minimum atomic E-state index is -1.37. The number of H-pyrrole nitrogens is 1. The number of nitrogens with zero attached hydrogens (tertiary/aromatic N) is 5. The average molecular weight is 499 g/mol. The van der Waals surface area contributed by atoms with Gasteiger partial charge in [-0.25, -0.2) is 9.38 Å². The minimum absolute atomic E-state index is 0.0468. The Hall–Kier alpha value is -4.77. The van der Waals surface area contributed by atoms with Crippen LogP contribution in [0.4, 0.5) is 10.1 Å². The smallest absolute Gasteiger partial charge is 0.272 e. The van der Waals surface area contributed by atoms with Crippen molar-refractivity contribution in [2.45, 2.75) is 25.2 Å². The molecule has 186 valence electrons. The molecule has 0 spiro atoms. The molecule has 1 aliphatic heterocycles. The maximum absolute atomic E-state index is 14.9. The lowest BCUT2D eigenvalue weighted by Gasteiger charge is -2.24. The molecule has 0 fully saturated rings. The van der Waals surface area contributed by atoms with Crippen LogP contribution in [0.25, 0.3) is 0 Å². The van der Waals surface area contributed by atoms with Gasteiger partial charge in [0.1, 0.15) is 5.82 Å². The van der Waals surface area contributed by atoms with E-state index in [1.54, 1.807) is 42.5 Å². The topological polar surface area (TPSA) is 142 Å². The quantitative estimate of drug-likeness (QED) is 0.354. The molecule has 0 saturated heterocycles. The Morgan fingerprint density at radius 3 is 2.46 bits per heavy atom. The van der Waals surface area contributed by atoms with E-state index in [0.29, 0.717) is 11.3 Å². The van der Waals surface area contributed by atoms with Crippen LogP contribution >= 0.6 is 0 Å². The predicted octanol–water partition coefficient (Wildman–Crippen LogP) is 1.74. The number of carbonyl (C=O) groups excluding carboxylic acids is 2. The number of benzene rings is 3. The van der Waals surface area contributed by atoms with E-state index in [1.165, 1.54) is 11.0 Å². The molecule has 3 aromatic carbocycles. The predicted molar refractivity (Wildman–Crippen MR) is 134 cm³/mol. The Balaban J connectivity index is 1.54. The standard InChI is InChI=1S/C26H23FN8O2/c27-19-12-6-4-10-17(19)23-18-11-5-7-13-21(18)35(15-22-31-33-34-32-22)26(37)24(29-23)30-25(36)20(28)14-16-8-2-1-3-9-16/h1-13,20,24H,14-15,28H2,(H,30,36)(H,31,32,33,34)/t20-,24+/m0/s1. The van der Waals surface area contributed by atoms with Crippen molar-refractivity contribution in [1.29, 1.82) is 0 Å². The summed E-state index contributed by atoms with van der Waals surface area (Å²) in [5, 5.41) is 16.5. The van der Waals surface area contributed by atoms with Gasteiger partial charge < -0.3 is 16.0 Å². The van der Waals surface area contributed by atoms with Crippen molar-refractivity contribution in [3.05, 3.63) is 107 Å². The molecule has 4 aromatic rings. The van der Waals surface area contributed by atoms with Crippen LogP contribution in [0.2, 0.25) is 0 Å². The summed E-state index contributed by atoms with van der Waals surface area (Å²) >= 11 is 0. The van der Waals surface area contributed by atoms with Crippen molar-refractivity contribution < 1.29 is 14.0 Å². The van der Waals surface area contributed by atoms with Gasteiger partial charge in [0.25, 0.3) is 5.91 Å². The monoisotopic (exact) mass is 498 g/mol. The molecule has 0 aliphatic carbocycles. The highest BCUT2D eigenvalue weighted by Gasteiger charge is 2.35. The molecule has 11 heteroatoms. The third-order valence-corrected chi connectivity index (χ3v) is 5.94. The zero-order chi connectivity index (χ0) is 25.8. The molecule has 5 rings (SSSR count). The highest BCUT2D eigenvalue weighted by atomic mass is 19.1. The number of hydrogen-bond acceptors (Lipinski definition) is 7. The average Bonchev–Trinajstić information content (AvgIpc) is 3.40. The molecule has 10 nitrogen and oxygen atoms in total. The maximum atomic E-state index is 14.9. The van der Waals surface area contributed by atoms with E-state index in [4.69, 9.17) is 5.73 Å². The van der Waals surface area contributed by atoms with Crippen LogP contribution < -0.4 is 16.0 Å². The lowest BCUT2D eigenvalue weighted by molar-refractivity contribution is -0.128. The van der Waals surface area contributed by atoms with Crippen molar-refractivity contribution in [1.82, 2.24) is 25.9 Å². The molecule has 2 atom stereocenters. The second-order valence-electron chi connectivity index (χ2n) is 8.43. The number of fused-ring (bicyclic) bond motifs is 1. The molecular formula is C26H23FN8O2. The fourth-order valence-electron chi connectivity index (χ4n) is 4.15. The maximum Gasteiger partial charge on any atom is 0.272 e. The Bertz CT molecular complexity index is 1440. The first-order valence-corrected chi connectivity index (χ1v) is 11.6. The summed E-state index contributed by atoms with van der Waals surface area (Å²) in [6.45, 7) is -0.0468. The number of hydrogen-bond donors (Lipinski definition) is 3. The number of aliphatic imine (C=N–C) groups is 1. The van der Waals surface area contributed by atoms with Crippen LogP contribution in [-0.4, -0.2) is 50.4 Å². The van der Waals surface area contributed by atoms with Crippen molar-refractivity contribution >= 4 is 23.2 Å². The summed E-state index contributed by atoms with van der Waals surface area (Å²) in [4.78, 5) is 32.9. The lowest BCUT2D eigenvalue weighted by atomic mass is 9.99. The van der Waals surface area contributed by atoms with E-state index in [1.807, 2.05) is 30.3 Å². The highest BCUT2D eigenvalue weighted by molar-refractivity contribution is 6.20. The molecule has 0 bridgehead atoms. The molecular weight excluding hydrogens is 475 g/mol. The highest BCUT2D eigenvalue weighted by Crippen LogP contribution is 2.29. The lowest BCUT2D eigenvalue weighted by Crippen LogP contribution is -2.52. The van der Waals surface area contributed by atoms with Gasteiger partial charge in [-0.1, -0.05) is 65.9 Å². The first kappa shape index (κ1) is 23.9. The molecule has 0 radical (unpaired) electrons. The Morgan fingerprint density at radius 1 is 1.03 bits per heavy atom. The number of para-hydroxylation sites is 1. The van der Waals surface area contributed by atoms with Crippen LogP contribution in [-0.2, 0) is 22.6 Å². The molecule has 0 unspecified atom stereocenters. The number of nitrogens with two attached hydrogens (primary N) is 1. The van der Waals surface area contributed by atoms with Crippen molar-refractivity contribution in [3.8, 4) is 0 Å². The van der Waals surface area contributed by atoms with Gasteiger partial charge in [-0.3, -0.25) is 9.59 Å². The minimum Gasteiger partial charge on any atom is -0.325 e. The number of carbonyl (C=O) groups is 2. The van der Waals surface area contributed by atoms with Gasteiger partial charge in [0.15, 0.2) is 5.82 Å². The van der Waals surface area contributed by atoms with E-state index in [-0.39, 0.29) is 30.1 Å². The second kappa shape index (κ2) is 10.5. The fraction of sp³-hybridized carbons (Fsp3) is 0.154. The van der Waals surface area contributed by atoms with E-state index >= 15 is 0 Å². The van der Waals surface area contributed by atoms with Gasteiger partial charge in [-0.2, -0.15) is 5.21 Å². The zero-order valence-corrected chi connectivity index (χ0v) is 19.6. The molecule has 4 N–H and O–H groups in total. The normalized spacial score (nSPS) is 15.9. The number of rotatable bonds is 7. The van der Waals surface area contributed by atoms with Gasteiger partial charge in [0.2, 0.25) is 12.1 Å². The van der Waals surface area contributed by atoms with Crippen molar-refractivity contribution in [3.63, 3.8) is 0 Å². The molecule has 1 aromatic heterocycles. The summed E-state index contributed by atoms with van der Waals surface area (Å²) in [5.41, 5.74) is 8.43. The van der Waals surface area contributed by atoms with Crippen molar-refractivity contribution in [2.75, 3.05) is 4.90 Å². The Labute approximate surface area is 211 Å². The first-order valence-electron chi connectivity index (χ1n) is 11.6. The summed E-state index contributed by atoms with van der Waals surface area (Å²) in [6, 6.07) is 21.5. The molecule has 37 heavy (non-hydrogen) atoms. The zero-order valence-electron chi connectivity index (χ0n) is 19.6.